The maximum Gasteiger partial charge on any atom is 0.416 e. The largest absolute Gasteiger partial charge is 0.416 e. The molecule has 0 aliphatic rings. The van der Waals surface area contributed by atoms with Crippen molar-refractivity contribution in [3.63, 3.8) is 0 Å². The van der Waals surface area contributed by atoms with Crippen LogP contribution >= 0.6 is 0 Å². The lowest BCUT2D eigenvalue weighted by molar-refractivity contribution is -0.137. The number of H-pyrrole nitrogens is 1. The van der Waals surface area contributed by atoms with Gasteiger partial charge in [0.1, 0.15) is 11.5 Å². The number of carbonyl (C=O) groups is 1. The third-order valence-corrected chi connectivity index (χ3v) is 2.07. The number of anilines is 1. The molecule has 0 spiro atoms. The van der Waals surface area contributed by atoms with E-state index in [1.807, 2.05) is 0 Å². The van der Waals surface area contributed by atoms with Crippen LogP contribution in [-0.2, 0) is 6.18 Å². The van der Waals surface area contributed by atoms with Crippen LogP contribution < -0.4 is 5.32 Å². The van der Waals surface area contributed by atoms with Gasteiger partial charge in [-0.05, 0) is 18.2 Å². The molecule has 18 heavy (non-hydrogen) atoms. The summed E-state index contributed by atoms with van der Waals surface area (Å²) in [6, 6.07) is 2.98. The van der Waals surface area contributed by atoms with E-state index in [0.717, 1.165) is 18.3 Å². The van der Waals surface area contributed by atoms with E-state index in [9.17, 15) is 18.0 Å². The zero-order chi connectivity index (χ0) is 13.2. The highest BCUT2D eigenvalue weighted by Gasteiger charge is 2.30. The fourth-order valence-corrected chi connectivity index (χ4v) is 1.24. The highest BCUT2D eigenvalue weighted by atomic mass is 19.4. The molecule has 0 bridgehead atoms. The van der Waals surface area contributed by atoms with Gasteiger partial charge in [0.15, 0.2) is 0 Å². The molecular formula is C10H7F3N4O. The molecule has 2 rings (SSSR count). The van der Waals surface area contributed by atoms with Gasteiger partial charge in [0.2, 0.25) is 0 Å². The molecule has 8 heteroatoms. The number of carbonyl (C=O) groups excluding carboxylic acids is 1. The summed E-state index contributed by atoms with van der Waals surface area (Å²) in [6.07, 6.45) is -2.14. The Morgan fingerprint density at radius 1 is 1.28 bits per heavy atom. The second kappa shape index (κ2) is 4.47. The summed E-state index contributed by atoms with van der Waals surface area (Å²) in [4.78, 5) is 15.2. The maximum absolute atomic E-state index is 12.4. The van der Waals surface area contributed by atoms with E-state index in [2.05, 4.69) is 20.5 Å². The van der Waals surface area contributed by atoms with Crippen molar-refractivity contribution >= 4 is 11.7 Å². The van der Waals surface area contributed by atoms with E-state index >= 15 is 0 Å². The molecular weight excluding hydrogens is 249 g/mol. The van der Waals surface area contributed by atoms with Gasteiger partial charge >= 0.3 is 6.18 Å². The Kier molecular flexibility index (Phi) is 3.00. The van der Waals surface area contributed by atoms with E-state index in [0.29, 0.717) is 0 Å². The zero-order valence-electron chi connectivity index (χ0n) is 8.82. The second-order valence-electron chi connectivity index (χ2n) is 3.35. The number of alkyl halides is 3. The van der Waals surface area contributed by atoms with Crippen LogP contribution in [0, 0.1) is 0 Å². The third kappa shape index (κ3) is 2.65. The van der Waals surface area contributed by atoms with Crippen molar-refractivity contribution in [2.75, 3.05) is 5.32 Å². The topological polar surface area (TPSA) is 70.7 Å². The van der Waals surface area contributed by atoms with Crippen LogP contribution in [0.4, 0.5) is 19.0 Å². The van der Waals surface area contributed by atoms with E-state index < -0.39 is 17.6 Å². The van der Waals surface area contributed by atoms with Gasteiger partial charge in [-0.1, -0.05) is 0 Å². The number of rotatable bonds is 2. The lowest BCUT2D eigenvalue weighted by Crippen LogP contribution is -2.14. The molecule has 0 fully saturated rings. The normalized spacial score (nSPS) is 11.3. The number of amides is 1. The monoisotopic (exact) mass is 256 g/mol. The van der Waals surface area contributed by atoms with Crippen molar-refractivity contribution < 1.29 is 18.0 Å². The van der Waals surface area contributed by atoms with Gasteiger partial charge in [0.25, 0.3) is 5.91 Å². The van der Waals surface area contributed by atoms with Gasteiger partial charge in [-0.15, -0.1) is 0 Å². The summed E-state index contributed by atoms with van der Waals surface area (Å²) < 4.78 is 37.3. The summed E-state index contributed by atoms with van der Waals surface area (Å²) >= 11 is 0. The summed E-state index contributed by atoms with van der Waals surface area (Å²) in [5.41, 5.74) is -0.744. The Balaban J connectivity index is 2.18. The van der Waals surface area contributed by atoms with Crippen molar-refractivity contribution in [1.82, 2.24) is 15.2 Å². The van der Waals surface area contributed by atoms with Crippen LogP contribution in [0.25, 0.3) is 0 Å². The standard InChI is InChI=1S/C10H7F3N4O/c11-10(12,13)6-1-3-14-8(5-6)16-9(18)7-2-4-15-17-7/h1-5H,(H,15,17)(H,14,16,18). The molecule has 0 aromatic carbocycles. The Hall–Kier alpha value is -2.38. The fourth-order valence-electron chi connectivity index (χ4n) is 1.24. The molecule has 5 nitrogen and oxygen atoms in total. The average Bonchev–Trinajstić information content (AvgIpc) is 2.81. The molecule has 1 amide bonds. The number of aromatic amines is 1. The van der Waals surface area contributed by atoms with Gasteiger partial charge in [-0.3, -0.25) is 9.89 Å². The van der Waals surface area contributed by atoms with Gasteiger partial charge in [0, 0.05) is 12.4 Å². The molecule has 0 radical (unpaired) electrons. The molecule has 0 unspecified atom stereocenters. The smallest absolute Gasteiger partial charge is 0.305 e. The van der Waals surface area contributed by atoms with E-state index in [4.69, 9.17) is 0 Å². The van der Waals surface area contributed by atoms with E-state index in [1.165, 1.54) is 12.3 Å². The van der Waals surface area contributed by atoms with Crippen LogP contribution in [0.3, 0.4) is 0 Å². The van der Waals surface area contributed by atoms with Crippen LogP contribution in [0.15, 0.2) is 30.6 Å². The quantitative estimate of drug-likeness (QED) is 0.864. The molecule has 2 heterocycles. The lowest BCUT2D eigenvalue weighted by Gasteiger charge is -2.08. The third-order valence-electron chi connectivity index (χ3n) is 2.07. The predicted molar refractivity (Wildman–Crippen MR) is 55.8 cm³/mol. The molecule has 0 atom stereocenters. The van der Waals surface area contributed by atoms with Gasteiger partial charge in [0.05, 0.1) is 5.56 Å². The minimum atomic E-state index is -4.48. The van der Waals surface area contributed by atoms with Crippen molar-refractivity contribution in [3.05, 3.63) is 41.9 Å². The van der Waals surface area contributed by atoms with E-state index in [1.54, 1.807) is 0 Å². The Bertz CT molecular complexity index is 551. The highest BCUT2D eigenvalue weighted by Crippen LogP contribution is 2.29. The number of hydrogen-bond donors (Lipinski definition) is 2. The van der Waals surface area contributed by atoms with Crippen LogP contribution in [-0.4, -0.2) is 21.1 Å². The fraction of sp³-hybridized carbons (Fsp3) is 0.100. The first-order valence-electron chi connectivity index (χ1n) is 4.81. The predicted octanol–water partition coefficient (Wildman–Crippen LogP) is 2.08. The van der Waals surface area contributed by atoms with Gasteiger partial charge in [-0.25, -0.2) is 4.98 Å². The number of halogens is 3. The van der Waals surface area contributed by atoms with Crippen LogP contribution in [0.1, 0.15) is 16.1 Å². The number of nitrogens with one attached hydrogen (secondary N) is 2. The van der Waals surface area contributed by atoms with Crippen molar-refractivity contribution in [3.8, 4) is 0 Å². The molecule has 2 aromatic rings. The van der Waals surface area contributed by atoms with E-state index in [-0.39, 0.29) is 11.5 Å². The Labute approximate surface area is 99.0 Å². The minimum Gasteiger partial charge on any atom is -0.305 e. The Morgan fingerprint density at radius 2 is 2.06 bits per heavy atom. The molecule has 0 aliphatic heterocycles. The molecule has 2 aromatic heterocycles. The SMILES string of the molecule is O=C(Nc1cc(C(F)(F)F)ccn1)c1ccn[nH]1. The molecule has 0 aliphatic carbocycles. The Morgan fingerprint density at radius 3 is 2.67 bits per heavy atom. The number of hydrogen-bond acceptors (Lipinski definition) is 3. The summed E-state index contributed by atoms with van der Waals surface area (Å²) in [6.45, 7) is 0. The number of aromatic nitrogens is 3. The van der Waals surface area contributed by atoms with Crippen molar-refractivity contribution in [2.45, 2.75) is 6.18 Å². The molecule has 94 valence electrons. The van der Waals surface area contributed by atoms with Gasteiger partial charge in [-0.2, -0.15) is 18.3 Å². The maximum atomic E-state index is 12.4. The number of pyridine rings is 1. The number of nitrogens with zero attached hydrogens (tertiary/aromatic N) is 2. The highest BCUT2D eigenvalue weighted by molar-refractivity contribution is 6.02. The van der Waals surface area contributed by atoms with Crippen LogP contribution in [0.2, 0.25) is 0 Å². The summed E-state index contributed by atoms with van der Waals surface area (Å²) in [5.74, 6) is -0.788. The van der Waals surface area contributed by atoms with Gasteiger partial charge < -0.3 is 5.32 Å². The average molecular weight is 256 g/mol. The molecule has 0 saturated heterocycles. The first-order chi connectivity index (χ1) is 8.47. The van der Waals surface area contributed by atoms with Crippen molar-refractivity contribution in [2.24, 2.45) is 0 Å². The first kappa shape index (κ1) is 12.1. The minimum absolute atomic E-state index is 0.134. The first-order valence-corrected chi connectivity index (χ1v) is 4.81. The van der Waals surface area contributed by atoms with Crippen molar-refractivity contribution in [1.29, 1.82) is 0 Å². The summed E-state index contributed by atoms with van der Waals surface area (Å²) in [7, 11) is 0. The molecule has 2 N–H and O–H groups in total. The summed E-state index contributed by atoms with van der Waals surface area (Å²) in [5, 5.41) is 8.18. The zero-order valence-corrected chi connectivity index (χ0v) is 8.82. The second-order valence-corrected chi connectivity index (χ2v) is 3.35. The molecule has 0 saturated carbocycles. The lowest BCUT2D eigenvalue weighted by atomic mass is 10.2. The van der Waals surface area contributed by atoms with Crippen LogP contribution in [0.5, 0.6) is 0 Å².